The summed E-state index contributed by atoms with van der Waals surface area (Å²) in [5.41, 5.74) is 2.85. The van der Waals surface area contributed by atoms with E-state index in [1.54, 1.807) is 13.8 Å². The molecule has 2 rings (SSSR count). The lowest BCUT2D eigenvalue weighted by Crippen LogP contribution is -2.20. The van der Waals surface area contributed by atoms with Gasteiger partial charge in [0.1, 0.15) is 21.7 Å². The van der Waals surface area contributed by atoms with E-state index in [4.69, 9.17) is 9.47 Å². The number of nitriles is 1. The number of anilines is 1. The van der Waals surface area contributed by atoms with Crippen LogP contribution in [0.15, 0.2) is 18.2 Å². The first-order valence-electron chi connectivity index (χ1n) is 8.07. The lowest BCUT2D eigenvalue weighted by molar-refractivity contribution is -0.118. The Balaban J connectivity index is 2.10. The van der Waals surface area contributed by atoms with Gasteiger partial charge in [-0.15, -0.1) is 11.3 Å². The summed E-state index contributed by atoms with van der Waals surface area (Å²) in [6.07, 6.45) is 0. The molecule has 0 aliphatic heterocycles. The molecule has 0 spiro atoms. The van der Waals surface area contributed by atoms with Crippen LogP contribution in [-0.2, 0) is 9.53 Å². The van der Waals surface area contributed by atoms with E-state index in [1.165, 1.54) is 0 Å². The fraction of sp³-hybridized carbons (Fsp3) is 0.316. The minimum absolute atomic E-state index is 0.195. The Labute approximate surface area is 156 Å². The normalized spacial score (nSPS) is 10.1. The summed E-state index contributed by atoms with van der Waals surface area (Å²) >= 11 is 1.03. The van der Waals surface area contributed by atoms with Gasteiger partial charge in [0, 0.05) is 0 Å². The van der Waals surface area contributed by atoms with Crippen molar-refractivity contribution in [2.45, 2.75) is 27.7 Å². The number of hydrogen-bond donors (Lipinski definition) is 1. The molecule has 2 aromatic rings. The van der Waals surface area contributed by atoms with Crippen LogP contribution in [0.25, 0.3) is 0 Å². The second-order valence-electron chi connectivity index (χ2n) is 5.75. The Morgan fingerprint density at radius 2 is 1.85 bits per heavy atom. The zero-order chi connectivity index (χ0) is 19.3. The minimum Gasteiger partial charge on any atom is -0.484 e. The second-order valence-corrected chi connectivity index (χ2v) is 6.77. The highest BCUT2D eigenvalue weighted by Crippen LogP contribution is 2.33. The molecule has 7 heteroatoms. The van der Waals surface area contributed by atoms with E-state index in [1.807, 2.05) is 38.1 Å². The highest BCUT2D eigenvalue weighted by Gasteiger charge is 2.22. The second kappa shape index (κ2) is 8.50. The fourth-order valence-corrected chi connectivity index (χ4v) is 3.52. The Bertz CT molecular complexity index is 860. The number of hydrogen-bond acceptors (Lipinski definition) is 6. The molecule has 1 N–H and O–H groups in total. The highest BCUT2D eigenvalue weighted by atomic mass is 32.1. The van der Waals surface area contributed by atoms with Gasteiger partial charge in [-0.1, -0.05) is 6.07 Å². The molecular formula is C19H20N2O4S. The first-order chi connectivity index (χ1) is 12.3. The van der Waals surface area contributed by atoms with Gasteiger partial charge in [0.25, 0.3) is 5.91 Å². The van der Waals surface area contributed by atoms with Gasteiger partial charge in [0.2, 0.25) is 0 Å². The van der Waals surface area contributed by atoms with Crippen molar-refractivity contribution in [2.24, 2.45) is 0 Å². The van der Waals surface area contributed by atoms with Crippen LogP contribution in [0.3, 0.4) is 0 Å². The Morgan fingerprint density at radius 1 is 1.19 bits per heavy atom. The van der Waals surface area contributed by atoms with E-state index < -0.39 is 11.9 Å². The summed E-state index contributed by atoms with van der Waals surface area (Å²) in [6, 6.07) is 7.72. The van der Waals surface area contributed by atoms with Crippen molar-refractivity contribution in [1.29, 1.82) is 5.26 Å². The molecule has 1 aromatic carbocycles. The van der Waals surface area contributed by atoms with E-state index >= 15 is 0 Å². The molecule has 1 amide bonds. The van der Waals surface area contributed by atoms with Gasteiger partial charge in [-0.3, -0.25) is 4.79 Å². The van der Waals surface area contributed by atoms with Gasteiger partial charge < -0.3 is 14.8 Å². The number of amides is 1. The van der Waals surface area contributed by atoms with Crippen molar-refractivity contribution >= 4 is 28.2 Å². The summed E-state index contributed by atoms with van der Waals surface area (Å²) in [4.78, 5) is 24.4. The molecule has 6 nitrogen and oxygen atoms in total. The third-order valence-corrected chi connectivity index (χ3v) is 4.72. The Hall–Kier alpha value is -2.85. The Morgan fingerprint density at radius 3 is 2.42 bits per heavy atom. The fourth-order valence-electron chi connectivity index (χ4n) is 2.46. The van der Waals surface area contributed by atoms with Crippen LogP contribution in [0.5, 0.6) is 5.75 Å². The molecule has 136 valence electrons. The summed E-state index contributed by atoms with van der Waals surface area (Å²) in [5, 5.41) is 12.3. The number of esters is 1. The lowest BCUT2D eigenvalue weighted by atomic mass is 10.1. The molecule has 0 unspecified atom stereocenters. The van der Waals surface area contributed by atoms with Gasteiger partial charge in [-0.2, -0.15) is 5.26 Å². The number of ether oxygens (including phenoxy) is 2. The van der Waals surface area contributed by atoms with E-state index in [0.717, 1.165) is 22.5 Å². The molecular weight excluding hydrogens is 352 g/mol. The van der Waals surface area contributed by atoms with E-state index in [0.29, 0.717) is 21.2 Å². The number of thiophene rings is 1. The molecule has 0 bridgehead atoms. The van der Waals surface area contributed by atoms with Crippen LogP contribution in [0, 0.1) is 32.1 Å². The largest absolute Gasteiger partial charge is 0.484 e. The predicted octanol–water partition coefficient (Wildman–Crippen LogP) is 3.74. The van der Waals surface area contributed by atoms with Gasteiger partial charge in [0.15, 0.2) is 6.61 Å². The van der Waals surface area contributed by atoms with Gasteiger partial charge in [0.05, 0.1) is 12.2 Å². The molecule has 0 saturated heterocycles. The monoisotopic (exact) mass is 372 g/mol. The van der Waals surface area contributed by atoms with Gasteiger partial charge in [-0.25, -0.2) is 4.79 Å². The molecule has 0 atom stereocenters. The number of nitrogens with zero attached hydrogens (tertiary/aromatic N) is 1. The molecule has 0 aliphatic rings. The molecule has 0 fully saturated rings. The first-order valence-corrected chi connectivity index (χ1v) is 8.88. The molecule has 0 aliphatic carbocycles. The molecule has 0 saturated carbocycles. The van der Waals surface area contributed by atoms with Crippen molar-refractivity contribution in [1.82, 2.24) is 0 Å². The maximum absolute atomic E-state index is 12.2. The third kappa shape index (κ3) is 4.61. The van der Waals surface area contributed by atoms with Crippen LogP contribution >= 0.6 is 11.3 Å². The lowest BCUT2D eigenvalue weighted by Gasteiger charge is -2.08. The average Bonchev–Trinajstić information content (AvgIpc) is 2.88. The number of aryl methyl sites for hydroxylation is 2. The van der Waals surface area contributed by atoms with Crippen molar-refractivity contribution in [3.05, 3.63) is 45.3 Å². The zero-order valence-electron chi connectivity index (χ0n) is 15.1. The Kier molecular flexibility index (Phi) is 6.36. The summed E-state index contributed by atoms with van der Waals surface area (Å²) in [7, 11) is 0. The van der Waals surface area contributed by atoms with Crippen molar-refractivity contribution < 1.29 is 19.1 Å². The smallest absolute Gasteiger partial charge is 0.348 e. The minimum atomic E-state index is -0.501. The van der Waals surface area contributed by atoms with E-state index in [2.05, 4.69) is 5.32 Å². The SMILES string of the molecule is CCOC(=O)c1sc(NC(=O)COc2cc(C)cc(C)c2)c(C#N)c1C. The van der Waals surface area contributed by atoms with Gasteiger partial charge in [-0.05, 0) is 56.5 Å². The van der Waals surface area contributed by atoms with Crippen LogP contribution in [0.4, 0.5) is 5.00 Å². The number of benzene rings is 1. The zero-order valence-corrected chi connectivity index (χ0v) is 16.0. The first kappa shape index (κ1) is 19.5. The summed E-state index contributed by atoms with van der Waals surface area (Å²) in [6.45, 7) is 7.31. The van der Waals surface area contributed by atoms with Crippen molar-refractivity contribution in [3.63, 3.8) is 0 Å². The van der Waals surface area contributed by atoms with E-state index in [-0.39, 0.29) is 18.8 Å². The predicted molar refractivity (Wildman–Crippen MR) is 99.8 cm³/mol. The van der Waals surface area contributed by atoms with Crippen LogP contribution in [-0.4, -0.2) is 25.1 Å². The highest BCUT2D eigenvalue weighted by molar-refractivity contribution is 7.18. The number of nitrogens with one attached hydrogen (secondary N) is 1. The summed E-state index contributed by atoms with van der Waals surface area (Å²) in [5.74, 6) is -0.302. The average molecular weight is 372 g/mol. The molecule has 0 radical (unpaired) electrons. The molecule has 1 aromatic heterocycles. The maximum Gasteiger partial charge on any atom is 0.348 e. The summed E-state index contributed by atoms with van der Waals surface area (Å²) < 4.78 is 10.5. The van der Waals surface area contributed by atoms with Crippen molar-refractivity contribution in [3.8, 4) is 11.8 Å². The maximum atomic E-state index is 12.2. The van der Waals surface area contributed by atoms with E-state index in [9.17, 15) is 14.9 Å². The van der Waals surface area contributed by atoms with Crippen LogP contribution in [0.1, 0.15) is 38.8 Å². The number of carbonyl (C=O) groups is 2. The standard InChI is InChI=1S/C19H20N2O4S/c1-5-24-19(23)17-13(4)15(9-20)18(26-17)21-16(22)10-25-14-7-11(2)6-12(3)8-14/h6-8H,5,10H2,1-4H3,(H,21,22). The van der Waals surface area contributed by atoms with Crippen LogP contribution in [0.2, 0.25) is 0 Å². The molecule has 26 heavy (non-hydrogen) atoms. The third-order valence-electron chi connectivity index (χ3n) is 3.54. The van der Waals surface area contributed by atoms with Gasteiger partial charge >= 0.3 is 5.97 Å². The quantitative estimate of drug-likeness (QED) is 0.780. The molecule has 1 heterocycles. The van der Waals surface area contributed by atoms with Crippen LogP contribution < -0.4 is 10.1 Å². The van der Waals surface area contributed by atoms with Crippen molar-refractivity contribution in [2.75, 3.05) is 18.5 Å². The topological polar surface area (TPSA) is 88.4 Å². The number of carbonyl (C=O) groups excluding carboxylic acids is 2. The number of rotatable bonds is 6.